The molecule has 2 atom stereocenters. The van der Waals surface area contributed by atoms with E-state index in [9.17, 15) is 14.0 Å². The van der Waals surface area contributed by atoms with Crippen LogP contribution < -0.4 is 4.74 Å². The summed E-state index contributed by atoms with van der Waals surface area (Å²) in [6, 6.07) is 13.4. The first-order chi connectivity index (χ1) is 13.0. The average Bonchev–Trinajstić information content (AvgIpc) is 2.67. The molecule has 0 aliphatic heterocycles. The number of esters is 1. The van der Waals surface area contributed by atoms with Gasteiger partial charge in [-0.1, -0.05) is 24.3 Å². The lowest BCUT2D eigenvalue weighted by Gasteiger charge is -2.29. The quantitative estimate of drug-likeness (QED) is 0.588. The number of hydrogen-bond donors (Lipinski definition) is 0. The van der Waals surface area contributed by atoms with Gasteiger partial charge in [0, 0.05) is 5.92 Å². The molecule has 0 N–H and O–H groups in total. The molecule has 0 saturated carbocycles. The largest absolute Gasteiger partial charge is 0.497 e. The number of ketones is 1. The molecule has 2 aromatic rings. The summed E-state index contributed by atoms with van der Waals surface area (Å²) in [5.41, 5.74) is 2.28. The lowest BCUT2D eigenvalue weighted by Crippen LogP contribution is -2.34. The molecular formula is C22H21FO4. The van der Waals surface area contributed by atoms with Gasteiger partial charge in [0.1, 0.15) is 17.5 Å². The number of ether oxygens (including phenoxy) is 2. The Kier molecular flexibility index (Phi) is 5.69. The minimum absolute atomic E-state index is 0.188. The Hall–Kier alpha value is -2.95. The Bertz CT molecular complexity index is 870. The molecule has 5 heteroatoms. The number of benzene rings is 2. The van der Waals surface area contributed by atoms with Crippen LogP contribution in [-0.4, -0.2) is 25.5 Å². The van der Waals surface area contributed by atoms with Crippen LogP contribution in [0, 0.1) is 11.7 Å². The van der Waals surface area contributed by atoms with Crippen molar-refractivity contribution in [2.24, 2.45) is 5.92 Å². The summed E-state index contributed by atoms with van der Waals surface area (Å²) >= 11 is 0. The molecule has 4 nitrogen and oxygen atoms in total. The Morgan fingerprint density at radius 3 is 2.56 bits per heavy atom. The van der Waals surface area contributed by atoms with Gasteiger partial charge >= 0.3 is 5.97 Å². The first kappa shape index (κ1) is 18.8. The average molecular weight is 368 g/mol. The van der Waals surface area contributed by atoms with Crippen molar-refractivity contribution in [2.75, 3.05) is 13.7 Å². The van der Waals surface area contributed by atoms with E-state index in [1.54, 1.807) is 26.2 Å². The number of hydrogen-bond acceptors (Lipinski definition) is 4. The van der Waals surface area contributed by atoms with Gasteiger partial charge in [0.2, 0.25) is 0 Å². The summed E-state index contributed by atoms with van der Waals surface area (Å²) in [7, 11) is 1.59. The zero-order chi connectivity index (χ0) is 19.4. The Morgan fingerprint density at radius 1 is 1.19 bits per heavy atom. The zero-order valence-electron chi connectivity index (χ0n) is 15.3. The third-order valence-corrected chi connectivity index (χ3v) is 4.74. The van der Waals surface area contributed by atoms with Gasteiger partial charge < -0.3 is 9.47 Å². The number of halogens is 1. The van der Waals surface area contributed by atoms with Crippen LogP contribution in [0.3, 0.4) is 0 Å². The second-order valence-corrected chi connectivity index (χ2v) is 6.40. The molecule has 0 bridgehead atoms. The van der Waals surface area contributed by atoms with Crippen LogP contribution in [0.25, 0.3) is 5.57 Å². The van der Waals surface area contributed by atoms with E-state index in [0.29, 0.717) is 17.7 Å². The first-order valence-electron chi connectivity index (χ1n) is 8.84. The maximum Gasteiger partial charge on any atom is 0.317 e. The van der Waals surface area contributed by atoms with Crippen LogP contribution in [0.2, 0.25) is 0 Å². The van der Waals surface area contributed by atoms with Crippen molar-refractivity contribution in [3.63, 3.8) is 0 Å². The summed E-state index contributed by atoms with van der Waals surface area (Å²) in [6.45, 7) is 1.88. The number of carbonyl (C=O) groups is 2. The molecule has 0 fully saturated rings. The molecule has 140 valence electrons. The number of carbonyl (C=O) groups excluding carboxylic acids is 2. The highest BCUT2D eigenvalue weighted by molar-refractivity contribution is 6.10. The molecule has 2 aromatic carbocycles. The van der Waals surface area contributed by atoms with Gasteiger partial charge in [-0.15, -0.1) is 0 Å². The number of rotatable bonds is 5. The van der Waals surface area contributed by atoms with E-state index in [4.69, 9.17) is 9.47 Å². The maximum absolute atomic E-state index is 13.8. The van der Waals surface area contributed by atoms with Gasteiger partial charge in [-0.2, -0.15) is 0 Å². The smallest absolute Gasteiger partial charge is 0.317 e. The molecule has 1 aliphatic rings. The van der Waals surface area contributed by atoms with Crippen LogP contribution in [0.15, 0.2) is 54.6 Å². The van der Waals surface area contributed by atoms with Crippen molar-refractivity contribution in [1.29, 1.82) is 0 Å². The fourth-order valence-corrected chi connectivity index (χ4v) is 3.44. The van der Waals surface area contributed by atoms with Crippen LogP contribution in [0.1, 0.15) is 30.4 Å². The highest BCUT2D eigenvalue weighted by Gasteiger charge is 2.39. The van der Waals surface area contributed by atoms with Crippen LogP contribution in [-0.2, 0) is 14.3 Å². The Morgan fingerprint density at radius 2 is 1.93 bits per heavy atom. The summed E-state index contributed by atoms with van der Waals surface area (Å²) in [6.07, 6.45) is 1.93. The minimum Gasteiger partial charge on any atom is -0.497 e. The maximum atomic E-state index is 13.8. The van der Waals surface area contributed by atoms with Gasteiger partial charge in [0.25, 0.3) is 0 Å². The van der Waals surface area contributed by atoms with Gasteiger partial charge in [-0.05, 0) is 60.4 Å². The second kappa shape index (κ2) is 8.16. The summed E-state index contributed by atoms with van der Waals surface area (Å²) in [5.74, 6) is -2.01. The molecule has 0 heterocycles. The molecular weight excluding hydrogens is 347 g/mol. The second-order valence-electron chi connectivity index (χ2n) is 6.40. The van der Waals surface area contributed by atoms with E-state index < -0.39 is 23.6 Å². The predicted octanol–water partition coefficient (Wildman–Crippen LogP) is 4.15. The lowest BCUT2D eigenvalue weighted by molar-refractivity contribution is -0.151. The monoisotopic (exact) mass is 368 g/mol. The van der Waals surface area contributed by atoms with Crippen molar-refractivity contribution in [3.05, 3.63) is 71.6 Å². The van der Waals surface area contributed by atoms with Crippen molar-refractivity contribution < 1.29 is 23.5 Å². The SMILES string of the molecule is CCOC(=O)C1C(=O)C=C(c2ccc(OC)cc2)CC1c1cccc(F)c1. The molecule has 0 amide bonds. The van der Waals surface area contributed by atoms with Crippen LogP contribution >= 0.6 is 0 Å². The fourth-order valence-electron chi connectivity index (χ4n) is 3.44. The van der Waals surface area contributed by atoms with E-state index in [1.807, 2.05) is 24.3 Å². The van der Waals surface area contributed by atoms with Crippen LogP contribution in [0.5, 0.6) is 5.75 Å². The topological polar surface area (TPSA) is 52.6 Å². The molecule has 1 aliphatic carbocycles. The molecule has 0 radical (unpaired) electrons. The minimum atomic E-state index is -0.964. The standard InChI is InChI=1S/C22H21FO4/c1-3-27-22(25)21-19(15-5-4-6-17(23)11-15)12-16(13-20(21)24)14-7-9-18(26-2)10-8-14/h4-11,13,19,21H,3,12H2,1-2H3. The highest BCUT2D eigenvalue weighted by Crippen LogP contribution is 2.40. The predicted molar refractivity (Wildman–Crippen MR) is 99.9 cm³/mol. The lowest BCUT2D eigenvalue weighted by atomic mass is 9.73. The van der Waals surface area contributed by atoms with Crippen molar-refractivity contribution in [3.8, 4) is 5.75 Å². The number of allylic oxidation sites excluding steroid dienone is 2. The molecule has 2 unspecified atom stereocenters. The van der Waals surface area contributed by atoms with Crippen molar-refractivity contribution >= 4 is 17.3 Å². The summed E-state index contributed by atoms with van der Waals surface area (Å²) < 4.78 is 24.0. The van der Waals surface area contributed by atoms with Gasteiger partial charge in [-0.3, -0.25) is 9.59 Å². The van der Waals surface area contributed by atoms with E-state index in [2.05, 4.69) is 0 Å². The van der Waals surface area contributed by atoms with Gasteiger partial charge in [0.05, 0.1) is 13.7 Å². The number of methoxy groups -OCH3 is 1. The van der Waals surface area contributed by atoms with Gasteiger partial charge in [-0.25, -0.2) is 4.39 Å². The normalized spacial score (nSPS) is 19.4. The summed E-state index contributed by atoms with van der Waals surface area (Å²) in [5, 5.41) is 0. The van der Waals surface area contributed by atoms with E-state index in [1.165, 1.54) is 18.2 Å². The Balaban J connectivity index is 2.00. The van der Waals surface area contributed by atoms with E-state index in [0.717, 1.165) is 11.1 Å². The third-order valence-electron chi connectivity index (χ3n) is 4.74. The first-order valence-corrected chi connectivity index (χ1v) is 8.84. The molecule has 0 aromatic heterocycles. The van der Waals surface area contributed by atoms with E-state index in [-0.39, 0.29) is 12.4 Å². The van der Waals surface area contributed by atoms with Crippen molar-refractivity contribution in [1.82, 2.24) is 0 Å². The van der Waals surface area contributed by atoms with Crippen LogP contribution in [0.4, 0.5) is 4.39 Å². The fraction of sp³-hybridized carbons (Fsp3) is 0.273. The molecule has 0 spiro atoms. The molecule has 27 heavy (non-hydrogen) atoms. The zero-order valence-corrected chi connectivity index (χ0v) is 15.3. The third kappa shape index (κ3) is 4.08. The summed E-state index contributed by atoms with van der Waals surface area (Å²) in [4.78, 5) is 25.2. The molecule has 0 saturated heterocycles. The molecule has 3 rings (SSSR count). The Labute approximate surface area is 157 Å². The van der Waals surface area contributed by atoms with E-state index >= 15 is 0 Å². The highest BCUT2D eigenvalue weighted by atomic mass is 19.1. The van der Waals surface area contributed by atoms with Crippen molar-refractivity contribution in [2.45, 2.75) is 19.3 Å². The van der Waals surface area contributed by atoms with Gasteiger partial charge in [0.15, 0.2) is 5.78 Å².